The largest absolute Gasteiger partial charge is 0.494 e. The quantitative estimate of drug-likeness (QED) is 0.778. The molecule has 114 valence electrons. The smallest absolute Gasteiger partial charge is 0.234 e. The van der Waals surface area contributed by atoms with Crippen molar-refractivity contribution < 1.29 is 9.53 Å². The van der Waals surface area contributed by atoms with Crippen molar-refractivity contribution in [2.75, 3.05) is 30.0 Å². The van der Waals surface area contributed by atoms with Gasteiger partial charge in [-0.3, -0.25) is 9.79 Å². The summed E-state index contributed by atoms with van der Waals surface area (Å²) < 4.78 is 6.60. The molecule has 1 aliphatic heterocycles. The minimum atomic E-state index is -0.00477. The second-order valence-corrected chi connectivity index (χ2v) is 6.87. The van der Waals surface area contributed by atoms with Gasteiger partial charge in [0, 0.05) is 11.4 Å². The van der Waals surface area contributed by atoms with E-state index in [4.69, 9.17) is 4.74 Å². The Morgan fingerprint density at radius 1 is 1.43 bits per heavy atom. The summed E-state index contributed by atoms with van der Waals surface area (Å²) in [6, 6.07) is 7.50. The number of hydrogen-bond acceptors (Lipinski definition) is 5. The van der Waals surface area contributed by atoms with Gasteiger partial charge in [0.15, 0.2) is 0 Å². The van der Waals surface area contributed by atoms with Crippen molar-refractivity contribution >= 4 is 39.5 Å². The van der Waals surface area contributed by atoms with Crippen LogP contribution in [0.25, 0.3) is 0 Å². The van der Waals surface area contributed by atoms with Gasteiger partial charge in [0.1, 0.15) is 10.1 Å². The number of rotatable bonds is 7. The summed E-state index contributed by atoms with van der Waals surface area (Å²) in [5.41, 5.74) is 0.796. The number of hydrogen-bond donors (Lipinski definition) is 1. The number of ether oxygens (including phenoxy) is 1. The Morgan fingerprint density at radius 3 is 2.90 bits per heavy atom. The summed E-state index contributed by atoms with van der Waals surface area (Å²) in [5, 5.41) is 2.88. The van der Waals surface area contributed by atoms with Gasteiger partial charge in [-0.2, -0.15) is 0 Å². The maximum Gasteiger partial charge on any atom is 0.234 e. The van der Waals surface area contributed by atoms with Crippen LogP contribution in [0.3, 0.4) is 0 Å². The summed E-state index contributed by atoms with van der Waals surface area (Å²) in [6.45, 7) is 3.74. The van der Waals surface area contributed by atoms with Gasteiger partial charge in [0.2, 0.25) is 5.91 Å². The molecule has 0 aliphatic carbocycles. The fourth-order valence-electron chi connectivity index (χ4n) is 1.70. The standard InChI is InChI=1S/C15H20N2O2S2/c1-2-3-9-19-13-6-4-12(5-7-13)17-14(18)11-21-15-16-8-10-20-15/h4-7H,2-3,8-11H2,1H3,(H,17,18). The van der Waals surface area contributed by atoms with E-state index in [-0.39, 0.29) is 5.91 Å². The van der Waals surface area contributed by atoms with Crippen LogP contribution < -0.4 is 10.1 Å². The molecule has 0 atom stereocenters. The molecule has 1 aromatic carbocycles. The van der Waals surface area contributed by atoms with E-state index >= 15 is 0 Å². The second kappa shape index (κ2) is 9.00. The summed E-state index contributed by atoms with van der Waals surface area (Å²) in [4.78, 5) is 16.1. The zero-order valence-electron chi connectivity index (χ0n) is 12.1. The molecule has 0 spiro atoms. The third kappa shape index (κ3) is 6.01. The van der Waals surface area contributed by atoms with Crippen LogP contribution in [-0.2, 0) is 4.79 Å². The molecule has 1 heterocycles. The van der Waals surface area contributed by atoms with Crippen molar-refractivity contribution in [1.29, 1.82) is 0 Å². The topological polar surface area (TPSA) is 50.7 Å². The minimum Gasteiger partial charge on any atom is -0.494 e. The predicted molar refractivity (Wildman–Crippen MR) is 92.7 cm³/mol. The maximum absolute atomic E-state index is 11.8. The third-order valence-corrected chi connectivity index (χ3v) is 5.04. The highest BCUT2D eigenvalue weighted by molar-refractivity contribution is 8.39. The van der Waals surface area contributed by atoms with E-state index in [0.717, 1.165) is 47.6 Å². The predicted octanol–water partition coefficient (Wildman–Crippen LogP) is 3.64. The van der Waals surface area contributed by atoms with Crippen LogP contribution in [0.1, 0.15) is 19.8 Å². The summed E-state index contributed by atoms with van der Waals surface area (Å²) in [7, 11) is 0. The van der Waals surface area contributed by atoms with Crippen LogP contribution in [-0.4, -0.2) is 34.9 Å². The average molecular weight is 324 g/mol. The van der Waals surface area contributed by atoms with E-state index in [9.17, 15) is 4.79 Å². The highest BCUT2D eigenvalue weighted by Gasteiger charge is 2.10. The summed E-state index contributed by atoms with van der Waals surface area (Å²) in [6.07, 6.45) is 2.17. The van der Waals surface area contributed by atoms with Gasteiger partial charge in [0.25, 0.3) is 0 Å². The first-order chi connectivity index (χ1) is 10.3. The molecule has 1 N–H and O–H groups in total. The van der Waals surface area contributed by atoms with Crippen LogP contribution in [0, 0.1) is 0 Å². The zero-order chi connectivity index (χ0) is 14.9. The van der Waals surface area contributed by atoms with Crippen molar-refractivity contribution in [3.05, 3.63) is 24.3 Å². The number of carbonyl (C=O) groups is 1. The first-order valence-corrected chi connectivity index (χ1v) is 9.08. The first-order valence-electron chi connectivity index (χ1n) is 7.10. The Labute approximate surface area is 134 Å². The molecular weight excluding hydrogens is 304 g/mol. The van der Waals surface area contributed by atoms with Crippen molar-refractivity contribution in [2.24, 2.45) is 4.99 Å². The van der Waals surface area contributed by atoms with E-state index in [0.29, 0.717) is 5.75 Å². The lowest BCUT2D eigenvalue weighted by atomic mass is 10.3. The molecule has 4 nitrogen and oxygen atoms in total. The monoisotopic (exact) mass is 324 g/mol. The van der Waals surface area contributed by atoms with Crippen LogP contribution >= 0.6 is 23.5 Å². The second-order valence-electron chi connectivity index (χ2n) is 4.56. The van der Waals surface area contributed by atoms with E-state index in [1.807, 2.05) is 24.3 Å². The number of aliphatic imine (C=N–C) groups is 1. The number of benzene rings is 1. The third-order valence-electron chi connectivity index (χ3n) is 2.79. The van der Waals surface area contributed by atoms with Gasteiger partial charge in [-0.15, -0.1) is 0 Å². The van der Waals surface area contributed by atoms with Crippen LogP contribution in [0.4, 0.5) is 5.69 Å². The Hall–Kier alpha value is -1.14. The molecule has 1 aromatic rings. The molecule has 0 saturated heterocycles. The molecule has 0 saturated carbocycles. The Balaban J connectivity index is 1.72. The van der Waals surface area contributed by atoms with Gasteiger partial charge in [-0.1, -0.05) is 36.9 Å². The van der Waals surface area contributed by atoms with Crippen LogP contribution in [0.5, 0.6) is 5.75 Å². The molecule has 2 rings (SSSR count). The number of thioether (sulfide) groups is 2. The van der Waals surface area contributed by atoms with E-state index < -0.39 is 0 Å². The molecule has 0 radical (unpaired) electrons. The highest BCUT2D eigenvalue weighted by atomic mass is 32.2. The van der Waals surface area contributed by atoms with Gasteiger partial charge in [0.05, 0.1) is 18.9 Å². The lowest BCUT2D eigenvalue weighted by Gasteiger charge is -2.08. The van der Waals surface area contributed by atoms with Crippen molar-refractivity contribution in [3.8, 4) is 5.75 Å². The number of anilines is 1. The summed E-state index contributed by atoms with van der Waals surface area (Å²) >= 11 is 3.22. The summed E-state index contributed by atoms with van der Waals surface area (Å²) in [5.74, 6) is 2.27. The maximum atomic E-state index is 11.8. The fourth-order valence-corrected chi connectivity index (χ4v) is 3.51. The lowest BCUT2D eigenvalue weighted by molar-refractivity contribution is -0.113. The SMILES string of the molecule is CCCCOc1ccc(NC(=O)CSC2=NCCS2)cc1. The molecule has 0 unspecified atom stereocenters. The first kappa shape index (κ1) is 16.2. The number of nitrogens with one attached hydrogen (secondary N) is 1. The molecule has 21 heavy (non-hydrogen) atoms. The Bertz CT molecular complexity index is 489. The zero-order valence-corrected chi connectivity index (χ0v) is 13.8. The van der Waals surface area contributed by atoms with E-state index in [1.54, 1.807) is 11.8 Å². The van der Waals surface area contributed by atoms with Gasteiger partial charge in [-0.05, 0) is 30.7 Å². The Morgan fingerprint density at radius 2 is 2.24 bits per heavy atom. The molecule has 0 aromatic heterocycles. The molecular formula is C15H20N2O2S2. The van der Waals surface area contributed by atoms with Crippen molar-refractivity contribution in [1.82, 2.24) is 0 Å². The average Bonchev–Trinajstić information content (AvgIpc) is 3.01. The van der Waals surface area contributed by atoms with Gasteiger partial charge >= 0.3 is 0 Å². The number of amides is 1. The van der Waals surface area contributed by atoms with Crippen molar-refractivity contribution in [2.45, 2.75) is 19.8 Å². The number of unbranched alkanes of at least 4 members (excludes halogenated alkanes) is 1. The van der Waals surface area contributed by atoms with E-state index in [1.165, 1.54) is 11.8 Å². The number of carbonyl (C=O) groups excluding carboxylic acids is 1. The lowest BCUT2D eigenvalue weighted by Crippen LogP contribution is -2.14. The van der Waals surface area contributed by atoms with Gasteiger partial charge < -0.3 is 10.1 Å². The van der Waals surface area contributed by atoms with E-state index in [2.05, 4.69) is 17.2 Å². The molecule has 1 amide bonds. The molecule has 0 bridgehead atoms. The highest BCUT2D eigenvalue weighted by Crippen LogP contribution is 2.22. The van der Waals surface area contributed by atoms with Crippen molar-refractivity contribution in [3.63, 3.8) is 0 Å². The minimum absolute atomic E-state index is 0.00477. The van der Waals surface area contributed by atoms with Crippen LogP contribution in [0.15, 0.2) is 29.3 Å². The molecule has 0 fully saturated rings. The Kier molecular flexibility index (Phi) is 6.95. The fraction of sp³-hybridized carbons (Fsp3) is 0.467. The van der Waals surface area contributed by atoms with Crippen LogP contribution in [0.2, 0.25) is 0 Å². The number of nitrogens with zero attached hydrogens (tertiary/aromatic N) is 1. The molecule has 6 heteroatoms. The normalized spacial score (nSPS) is 13.9. The van der Waals surface area contributed by atoms with Gasteiger partial charge in [-0.25, -0.2) is 0 Å². The molecule has 1 aliphatic rings.